The molecule has 1 fully saturated rings. The maximum atomic E-state index is 13.2. The second-order valence-corrected chi connectivity index (χ2v) is 5.63. The Labute approximate surface area is 119 Å². The Bertz CT molecular complexity index is 451. The lowest BCUT2D eigenvalue weighted by atomic mass is 9.91. The van der Waals surface area contributed by atoms with E-state index in [0.717, 1.165) is 19.3 Å². The highest BCUT2D eigenvalue weighted by molar-refractivity contribution is 9.10. The highest BCUT2D eigenvalue weighted by atomic mass is 79.9. The Morgan fingerprint density at radius 1 is 1.50 bits per heavy atom. The lowest BCUT2D eigenvalue weighted by molar-refractivity contribution is 0.0598. The third kappa shape index (κ3) is 2.86. The first kappa shape index (κ1) is 13.8. The molecular formula is C13H14BrClFNO. The predicted molar refractivity (Wildman–Crippen MR) is 73.5 cm³/mol. The molecule has 1 saturated carbocycles. The van der Waals surface area contributed by atoms with Gasteiger partial charge in [0.1, 0.15) is 5.82 Å². The van der Waals surface area contributed by atoms with E-state index in [1.165, 1.54) is 18.2 Å². The van der Waals surface area contributed by atoms with Gasteiger partial charge in [0.15, 0.2) is 0 Å². The third-order valence-electron chi connectivity index (χ3n) is 3.27. The van der Waals surface area contributed by atoms with Crippen molar-refractivity contribution in [3.63, 3.8) is 0 Å². The van der Waals surface area contributed by atoms with Crippen LogP contribution in [0.25, 0.3) is 0 Å². The number of carbonyl (C=O) groups is 1. The average molecular weight is 335 g/mol. The summed E-state index contributed by atoms with van der Waals surface area (Å²) in [7, 11) is 0. The summed E-state index contributed by atoms with van der Waals surface area (Å²) in [5, 5.41) is 0. The molecule has 1 aliphatic carbocycles. The van der Waals surface area contributed by atoms with Gasteiger partial charge in [-0.05, 0) is 53.4 Å². The summed E-state index contributed by atoms with van der Waals surface area (Å²) in [5.74, 6) is -0.00919. The molecule has 0 N–H and O–H groups in total. The Morgan fingerprint density at radius 2 is 2.22 bits per heavy atom. The summed E-state index contributed by atoms with van der Waals surface area (Å²) in [6, 6.07) is 4.64. The van der Waals surface area contributed by atoms with E-state index in [4.69, 9.17) is 11.6 Å². The smallest absolute Gasteiger partial charge is 0.254 e. The number of alkyl halides is 1. The molecule has 2 rings (SSSR count). The van der Waals surface area contributed by atoms with Crippen LogP contribution in [0.5, 0.6) is 0 Å². The molecule has 0 spiro atoms. The molecular weight excluding hydrogens is 321 g/mol. The minimum atomic E-state index is -0.362. The van der Waals surface area contributed by atoms with Crippen LogP contribution in [0.3, 0.4) is 0 Å². The van der Waals surface area contributed by atoms with E-state index in [1.807, 2.05) is 0 Å². The molecule has 0 bridgehead atoms. The van der Waals surface area contributed by atoms with Crippen molar-refractivity contribution >= 4 is 33.4 Å². The van der Waals surface area contributed by atoms with Crippen molar-refractivity contribution < 1.29 is 9.18 Å². The Hall–Kier alpha value is -0.610. The molecule has 0 atom stereocenters. The Kier molecular flexibility index (Phi) is 4.62. The predicted octanol–water partition coefficient (Wildman–Crippen LogP) is 3.82. The van der Waals surface area contributed by atoms with Gasteiger partial charge >= 0.3 is 0 Å². The molecule has 18 heavy (non-hydrogen) atoms. The van der Waals surface area contributed by atoms with Crippen molar-refractivity contribution in [3.05, 3.63) is 34.1 Å². The van der Waals surface area contributed by atoms with Gasteiger partial charge in [-0.1, -0.05) is 0 Å². The quantitative estimate of drug-likeness (QED) is 0.767. The number of halogens is 3. The summed E-state index contributed by atoms with van der Waals surface area (Å²) >= 11 is 8.85. The summed E-state index contributed by atoms with van der Waals surface area (Å²) in [4.78, 5) is 14.2. The van der Waals surface area contributed by atoms with Crippen LogP contribution in [0.15, 0.2) is 22.7 Å². The number of amides is 1. The lowest BCUT2D eigenvalue weighted by Gasteiger charge is -2.37. The largest absolute Gasteiger partial charge is 0.334 e. The summed E-state index contributed by atoms with van der Waals surface area (Å²) in [6.07, 6.45) is 3.22. The van der Waals surface area contributed by atoms with E-state index >= 15 is 0 Å². The fraction of sp³-hybridized carbons (Fsp3) is 0.462. The third-order valence-corrected chi connectivity index (χ3v) is 4.05. The number of hydrogen-bond acceptors (Lipinski definition) is 1. The van der Waals surface area contributed by atoms with Gasteiger partial charge in [0.25, 0.3) is 5.91 Å². The highest BCUT2D eigenvalue weighted by Crippen LogP contribution is 2.27. The van der Waals surface area contributed by atoms with Crippen LogP contribution in [0, 0.1) is 5.82 Å². The lowest BCUT2D eigenvalue weighted by Crippen LogP contribution is -2.45. The standard InChI is InChI=1S/C13H14BrClFNO/c14-11-8-9(4-5-12(11)16)13(18)17(7-6-15)10-2-1-3-10/h4-5,8,10H,1-3,6-7H2. The van der Waals surface area contributed by atoms with Crippen molar-refractivity contribution in [2.24, 2.45) is 0 Å². The zero-order valence-electron chi connectivity index (χ0n) is 9.83. The van der Waals surface area contributed by atoms with Gasteiger partial charge in [-0.25, -0.2) is 4.39 Å². The molecule has 1 aliphatic rings. The molecule has 0 saturated heterocycles. The number of carbonyl (C=O) groups excluding carboxylic acids is 1. The van der Waals surface area contributed by atoms with Crippen molar-refractivity contribution in [2.75, 3.05) is 12.4 Å². The zero-order valence-corrected chi connectivity index (χ0v) is 12.2. The zero-order chi connectivity index (χ0) is 13.1. The second kappa shape index (κ2) is 6.02. The molecule has 0 heterocycles. The second-order valence-electron chi connectivity index (χ2n) is 4.40. The normalized spacial score (nSPS) is 15.3. The van der Waals surface area contributed by atoms with Gasteiger partial charge in [-0.2, -0.15) is 0 Å². The molecule has 0 aliphatic heterocycles. The van der Waals surface area contributed by atoms with Gasteiger partial charge < -0.3 is 4.90 Å². The van der Waals surface area contributed by atoms with Gasteiger partial charge in [0.05, 0.1) is 4.47 Å². The molecule has 1 aromatic carbocycles. The van der Waals surface area contributed by atoms with E-state index in [0.29, 0.717) is 28.5 Å². The monoisotopic (exact) mass is 333 g/mol. The van der Waals surface area contributed by atoms with Crippen LogP contribution >= 0.6 is 27.5 Å². The number of nitrogens with zero attached hydrogens (tertiary/aromatic N) is 1. The van der Waals surface area contributed by atoms with Crippen LogP contribution in [0.4, 0.5) is 4.39 Å². The van der Waals surface area contributed by atoms with Crippen LogP contribution < -0.4 is 0 Å². The molecule has 98 valence electrons. The van der Waals surface area contributed by atoms with Crippen molar-refractivity contribution in [1.82, 2.24) is 4.90 Å². The van der Waals surface area contributed by atoms with Crippen LogP contribution in [0.2, 0.25) is 0 Å². The average Bonchev–Trinajstić information content (AvgIpc) is 2.29. The molecule has 1 amide bonds. The first-order valence-corrected chi connectivity index (χ1v) is 7.28. The highest BCUT2D eigenvalue weighted by Gasteiger charge is 2.29. The fourth-order valence-electron chi connectivity index (χ4n) is 2.03. The van der Waals surface area contributed by atoms with Crippen LogP contribution in [-0.2, 0) is 0 Å². The van der Waals surface area contributed by atoms with E-state index in [2.05, 4.69) is 15.9 Å². The summed E-state index contributed by atoms with van der Waals surface area (Å²) < 4.78 is 13.5. The molecule has 1 aromatic rings. The van der Waals surface area contributed by atoms with E-state index < -0.39 is 0 Å². The maximum Gasteiger partial charge on any atom is 0.254 e. The van der Waals surface area contributed by atoms with Gasteiger partial charge in [-0.15, -0.1) is 11.6 Å². The fourth-order valence-corrected chi connectivity index (χ4v) is 2.60. The van der Waals surface area contributed by atoms with E-state index in [1.54, 1.807) is 4.90 Å². The van der Waals surface area contributed by atoms with E-state index in [9.17, 15) is 9.18 Å². The number of hydrogen-bond donors (Lipinski definition) is 0. The van der Waals surface area contributed by atoms with Crippen LogP contribution in [0.1, 0.15) is 29.6 Å². The summed E-state index contributed by atoms with van der Waals surface area (Å²) in [6.45, 7) is 0.542. The summed E-state index contributed by atoms with van der Waals surface area (Å²) in [5.41, 5.74) is 0.500. The van der Waals surface area contributed by atoms with Gasteiger partial charge in [0.2, 0.25) is 0 Å². The molecule has 0 aromatic heterocycles. The minimum absolute atomic E-state index is 0.0685. The van der Waals surface area contributed by atoms with Crippen molar-refractivity contribution in [1.29, 1.82) is 0 Å². The van der Waals surface area contributed by atoms with Gasteiger partial charge in [-0.3, -0.25) is 4.79 Å². The Balaban J connectivity index is 2.18. The van der Waals surface area contributed by atoms with Crippen molar-refractivity contribution in [3.8, 4) is 0 Å². The molecule has 0 unspecified atom stereocenters. The van der Waals surface area contributed by atoms with Crippen LogP contribution in [-0.4, -0.2) is 29.3 Å². The molecule has 0 radical (unpaired) electrons. The van der Waals surface area contributed by atoms with Gasteiger partial charge in [0, 0.05) is 24.0 Å². The topological polar surface area (TPSA) is 20.3 Å². The maximum absolute atomic E-state index is 13.2. The number of rotatable bonds is 4. The van der Waals surface area contributed by atoms with E-state index in [-0.39, 0.29) is 11.7 Å². The first-order valence-electron chi connectivity index (χ1n) is 5.95. The first-order chi connectivity index (χ1) is 8.63. The molecule has 2 nitrogen and oxygen atoms in total. The molecule has 5 heteroatoms. The SMILES string of the molecule is O=C(c1ccc(F)c(Br)c1)N(CCCl)C1CCC1. The number of benzene rings is 1. The minimum Gasteiger partial charge on any atom is -0.334 e. The Morgan fingerprint density at radius 3 is 2.72 bits per heavy atom. The van der Waals surface area contributed by atoms with Crippen molar-refractivity contribution in [2.45, 2.75) is 25.3 Å².